The fourth-order valence-corrected chi connectivity index (χ4v) is 3.32. The molecule has 1 atom stereocenters. The van der Waals surface area contributed by atoms with Crippen LogP contribution in [0.2, 0.25) is 0 Å². The number of aromatic nitrogens is 2. The number of hydrogen-bond donors (Lipinski definition) is 0. The maximum Gasteiger partial charge on any atom is 0.234 e. The largest absolute Gasteiger partial charge is 0.424 e. The van der Waals surface area contributed by atoms with Gasteiger partial charge in [0, 0.05) is 6.92 Å². The van der Waals surface area contributed by atoms with Crippen LogP contribution >= 0.6 is 0 Å². The zero-order chi connectivity index (χ0) is 14.9. The molecule has 0 aliphatic rings. The van der Waals surface area contributed by atoms with Crippen LogP contribution in [0.15, 0.2) is 22.6 Å². The molecule has 6 heteroatoms. The van der Waals surface area contributed by atoms with Crippen molar-refractivity contribution < 1.29 is 12.8 Å². The Morgan fingerprint density at radius 3 is 2.50 bits per heavy atom. The van der Waals surface area contributed by atoms with Crippen molar-refractivity contribution in [3.8, 4) is 0 Å². The van der Waals surface area contributed by atoms with Gasteiger partial charge < -0.3 is 4.42 Å². The maximum absolute atomic E-state index is 12.4. The molecule has 0 amide bonds. The minimum absolute atomic E-state index is 0.0247. The zero-order valence-electron chi connectivity index (χ0n) is 12.0. The van der Waals surface area contributed by atoms with E-state index in [1.54, 1.807) is 13.8 Å². The number of rotatable bonds is 4. The van der Waals surface area contributed by atoms with Gasteiger partial charge in [0.05, 0.1) is 5.75 Å². The lowest BCUT2D eigenvalue weighted by molar-refractivity contribution is 0.461. The molecule has 1 unspecified atom stereocenters. The number of aryl methyl sites for hydroxylation is 3. The Kier molecular flexibility index (Phi) is 3.94. The molecule has 0 saturated carbocycles. The van der Waals surface area contributed by atoms with E-state index in [1.807, 2.05) is 32.0 Å². The van der Waals surface area contributed by atoms with Gasteiger partial charge in [-0.25, -0.2) is 8.42 Å². The summed E-state index contributed by atoms with van der Waals surface area (Å²) in [6, 6.07) is 5.80. The molecule has 0 bridgehead atoms. The first-order valence-corrected chi connectivity index (χ1v) is 8.09. The number of benzene rings is 1. The van der Waals surface area contributed by atoms with Crippen molar-refractivity contribution in [1.82, 2.24) is 10.2 Å². The van der Waals surface area contributed by atoms with E-state index in [0.29, 0.717) is 5.89 Å². The second-order valence-corrected chi connectivity index (χ2v) is 7.36. The Bertz CT molecular complexity index is 720. The second-order valence-electron chi connectivity index (χ2n) is 5.04. The van der Waals surface area contributed by atoms with Gasteiger partial charge in [0.1, 0.15) is 5.25 Å². The predicted molar refractivity (Wildman–Crippen MR) is 76.0 cm³/mol. The van der Waals surface area contributed by atoms with Crippen LogP contribution in [0.1, 0.15) is 40.6 Å². The van der Waals surface area contributed by atoms with Crippen LogP contribution in [-0.2, 0) is 15.6 Å². The summed E-state index contributed by atoms with van der Waals surface area (Å²) in [6.07, 6.45) is 0. The lowest BCUT2D eigenvalue weighted by Gasteiger charge is -2.11. The fourth-order valence-electron chi connectivity index (χ4n) is 1.93. The molecule has 1 aromatic carbocycles. The molecule has 0 aliphatic heterocycles. The Morgan fingerprint density at radius 1 is 1.20 bits per heavy atom. The molecule has 1 aromatic heterocycles. The molecule has 2 rings (SSSR count). The molecule has 0 fully saturated rings. The Labute approximate surface area is 119 Å². The third-order valence-corrected chi connectivity index (χ3v) is 5.28. The quantitative estimate of drug-likeness (QED) is 0.866. The number of sulfone groups is 1. The molecule has 0 N–H and O–H groups in total. The highest BCUT2D eigenvalue weighted by molar-refractivity contribution is 7.90. The molecule has 0 saturated heterocycles. The van der Waals surface area contributed by atoms with Crippen molar-refractivity contribution in [3.05, 3.63) is 46.7 Å². The number of nitrogens with zero attached hydrogens (tertiary/aromatic N) is 2. The van der Waals surface area contributed by atoms with Gasteiger partial charge in [-0.15, -0.1) is 10.2 Å². The lowest BCUT2D eigenvalue weighted by Crippen LogP contribution is -2.14. The van der Waals surface area contributed by atoms with Gasteiger partial charge in [-0.05, 0) is 31.9 Å². The standard InChI is InChI=1S/C14H18N2O3S/c1-9-5-6-10(2)13(7-9)8-20(17,18)11(3)14-16-15-12(4)19-14/h5-7,11H,8H2,1-4H3. The van der Waals surface area contributed by atoms with E-state index in [1.165, 1.54) is 0 Å². The van der Waals surface area contributed by atoms with Gasteiger partial charge >= 0.3 is 0 Å². The van der Waals surface area contributed by atoms with E-state index < -0.39 is 15.1 Å². The van der Waals surface area contributed by atoms with E-state index in [4.69, 9.17) is 4.42 Å². The van der Waals surface area contributed by atoms with Crippen LogP contribution < -0.4 is 0 Å². The van der Waals surface area contributed by atoms with Gasteiger partial charge in [-0.3, -0.25) is 0 Å². The molecular formula is C14H18N2O3S. The first-order chi connectivity index (χ1) is 9.29. The molecular weight excluding hydrogens is 276 g/mol. The van der Waals surface area contributed by atoms with Gasteiger partial charge in [-0.1, -0.05) is 23.8 Å². The van der Waals surface area contributed by atoms with E-state index in [0.717, 1.165) is 16.7 Å². The van der Waals surface area contributed by atoms with Gasteiger partial charge in [0.2, 0.25) is 11.8 Å². The Balaban J connectivity index is 2.29. The van der Waals surface area contributed by atoms with Crippen molar-refractivity contribution >= 4 is 9.84 Å². The topological polar surface area (TPSA) is 73.1 Å². The SMILES string of the molecule is Cc1ccc(C)c(CS(=O)(=O)C(C)c2nnc(C)o2)c1. The highest BCUT2D eigenvalue weighted by Gasteiger charge is 2.28. The molecule has 0 spiro atoms. The van der Waals surface area contributed by atoms with E-state index in [-0.39, 0.29) is 11.6 Å². The van der Waals surface area contributed by atoms with Crippen LogP contribution in [0.25, 0.3) is 0 Å². The Hall–Kier alpha value is -1.69. The Morgan fingerprint density at radius 2 is 1.90 bits per heavy atom. The smallest absolute Gasteiger partial charge is 0.234 e. The minimum atomic E-state index is -3.39. The average molecular weight is 294 g/mol. The van der Waals surface area contributed by atoms with E-state index in [2.05, 4.69) is 10.2 Å². The summed E-state index contributed by atoms with van der Waals surface area (Å²) in [5.41, 5.74) is 2.82. The van der Waals surface area contributed by atoms with E-state index in [9.17, 15) is 8.42 Å². The second kappa shape index (κ2) is 5.36. The molecule has 2 aromatic rings. The summed E-state index contributed by atoms with van der Waals surface area (Å²) in [5.74, 6) is 0.491. The van der Waals surface area contributed by atoms with Crippen LogP contribution in [-0.4, -0.2) is 18.6 Å². The van der Waals surface area contributed by atoms with Crippen molar-refractivity contribution in [2.45, 2.75) is 38.7 Å². The molecule has 20 heavy (non-hydrogen) atoms. The first-order valence-electron chi connectivity index (χ1n) is 6.37. The summed E-state index contributed by atoms with van der Waals surface area (Å²) in [5, 5.41) is 6.67. The van der Waals surface area contributed by atoms with Gasteiger partial charge in [0.15, 0.2) is 9.84 Å². The van der Waals surface area contributed by atoms with Crippen LogP contribution in [0.4, 0.5) is 0 Å². The predicted octanol–water partition coefficient (Wildman–Crippen LogP) is 2.67. The summed E-state index contributed by atoms with van der Waals surface area (Å²) in [4.78, 5) is 0. The van der Waals surface area contributed by atoms with Crippen LogP contribution in [0.3, 0.4) is 0 Å². The van der Waals surface area contributed by atoms with Crippen molar-refractivity contribution in [1.29, 1.82) is 0 Å². The zero-order valence-corrected chi connectivity index (χ0v) is 12.9. The van der Waals surface area contributed by atoms with E-state index >= 15 is 0 Å². The first kappa shape index (κ1) is 14.7. The molecule has 5 nitrogen and oxygen atoms in total. The minimum Gasteiger partial charge on any atom is -0.424 e. The van der Waals surface area contributed by atoms with Crippen molar-refractivity contribution in [3.63, 3.8) is 0 Å². The highest BCUT2D eigenvalue weighted by Crippen LogP contribution is 2.25. The monoisotopic (exact) mass is 294 g/mol. The number of hydrogen-bond acceptors (Lipinski definition) is 5. The fraction of sp³-hybridized carbons (Fsp3) is 0.429. The van der Waals surface area contributed by atoms with Crippen LogP contribution in [0.5, 0.6) is 0 Å². The summed E-state index contributed by atoms with van der Waals surface area (Å²) in [7, 11) is -3.39. The third kappa shape index (κ3) is 3.07. The average Bonchev–Trinajstić information content (AvgIpc) is 2.79. The van der Waals surface area contributed by atoms with Crippen molar-refractivity contribution in [2.24, 2.45) is 0 Å². The molecule has 0 radical (unpaired) electrons. The summed E-state index contributed by atoms with van der Waals surface area (Å²) < 4.78 is 30.1. The molecule has 108 valence electrons. The van der Waals surface area contributed by atoms with Gasteiger partial charge in [-0.2, -0.15) is 0 Å². The van der Waals surface area contributed by atoms with Crippen LogP contribution in [0, 0.1) is 20.8 Å². The van der Waals surface area contributed by atoms with Crippen molar-refractivity contribution in [2.75, 3.05) is 0 Å². The van der Waals surface area contributed by atoms with Gasteiger partial charge in [0.25, 0.3) is 0 Å². The summed E-state index contributed by atoms with van der Waals surface area (Å²) in [6.45, 7) is 7.07. The summed E-state index contributed by atoms with van der Waals surface area (Å²) >= 11 is 0. The maximum atomic E-state index is 12.4. The normalized spacial score (nSPS) is 13.4. The lowest BCUT2D eigenvalue weighted by atomic mass is 10.1. The highest BCUT2D eigenvalue weighted by atomic mass is 32.2. The third-order valence-electron chi connectivity index (χ3n) is 3.29. The molecule has 0 aliphatic carbocycles. The molecule has 1 heterocycles.